The van der Waals surface area contributed by atoms with Gasteiger partial charge in [-0.1, -0.05) is 26.7 Å². The minimum absolute atomic E-state index is 0.268. The maximum absolute atomic E-state index is 10.6. The molecule has 2 N–H and O–H groups in total. The Balaban J connectivity index is 1.95. The summed E-state index contributed by atoms with van der Waals surface area (Å²) >= 11 is 0. The molecule has 3 nitrogen and oxygen atoms in total. The van der Waals surface area contributed by atoms with Gasteiger partial charge in [0, 0.05) is 25.6 Å². The standard InChI is InChI=1S/C15H29NO2/c1-12(2)14(3,17)11-16-9-8-15(18)7-5-4-6-13(15)10-16/h12-13,17-18H,4-11H2,1-3H3. The number of aliphatic hydroxyl groups is 2. The van der Waals surface area contributed by atoms with E-state index in [1.807, 2.05) is 6.92 Å². The van der Waals surface area contributed by atoms with E-state index in [-0.39, 0.29) is 5.92 Å². The molecule has 0 aromatic rings. The number of rotatable bonds is 3. The zero-order chi connectivity index (χ0) is 13.4. The summed E-state index contributed by atoms with van der Waals surface area (Å²) in [6.45, 7) is 8.69. The fourth-order valence-electron chi connectivity index (χ4n) is 3.42. The van der Waals surface area contributed by atoms with Gasteiger partial charge < -0.3 is 10.2 Å². The highest BCUT2D eigenvalue weighted by molar-refractivity contribution is 4.97. The molecular weight excluding hydrogens is 226 g/mol. The van der Waals surface area contributed by atoms with Crippen LogP contribution in [-0.2, 0) is 0 Å². The van der Waals surface area contributed by atoms with E-state index in [1.165, 1.54) is 12.8 Å². The second-order valence-corrected chi connectivity index (χ2v) is 7.04. The molecule has 3 heteroatoms. The third-order valence-corrected chi connectivity index (χ3v) is 5.30. The Labute approximate surface area is 111 Å². The molecule has 1 aliphatic carbocycles. The van der Waals surface area contributed by atoms with Gasteiger partial charge in [0.15, 0.2) is 0 Å². The number of hydrogen-bond donors (Lipinski definition) is 2. The normalized spacial score (nSPS) is 37.3. The third kappa shape index (κ3) is 2.89. The van der Waals surface area contributed by atoms with Crippen LogP contribution in [0, 0.1) is 11.8 Å². The number of β-amino-alcohol motifs (C(OH)–C–C–N with tert-alkyl or cyclic N) is 1. The van der Waals surface area contributed by atoms with Crippen LogP contribution in [-0.4, -0.2) is 45.9 Å². The molecule has 0 spiro atoms. The smallest absolute Gasteiger partial charge is 0.0768 e. The van der Waals surface area contributed by atoms with Crippen molar-refractivity contribution in [1.82, 2.24) is 4.90 Å². The average Bonchev–Trinajstić information content (AvgIpc) is 2.29. The van der Waals surface area contributed by atoms with E-state index in [0.29, 0.717) is 5.92 Å². The molecule has 1 saturated carbocycles. The highest BCUT2D eigenvalue weighted by Gasteiger charge is 2.43. The molecular formula is C15H29NO2. The number of likely N-dealkylation sites (tertiary alicyclic amines) is 1. The first-order valence-corrected chi connectivity index (χ1v) is 7.51. The minimum Gasteiger partial charge on any atom is -0.390 e. The van der Waals surface area contributed by atoms with E-state index in [2.05, 4.69) is 18.7 Å². The topological polar surface area (TPSA) is 43.7 Å². The van der Waals surface area contributed by atoms with Crippen LogP contribution in [0.4, 0.5) is 0 Å². The van der Waals surface area contributed by atoms with Crippen LogP contribution < -0.4 is 0 Å². The van der Waals surface area contributed by atoms with Gasteiger partial charge >= 0.3 is 0 Å². The first kappa shape index (κ1) is 14.3. The molecule has 3 atom stereocenters. The number of piperidine rings is 1. The van der Waals surface area contributed by atoms with Crippen LogP contribution in [0.15, 0.2) is 0 Å². The molecule has 3 unspecified atom stereocenters. The number of nitrogens with zero attached hydrogens (tertiary/aromatic N) is 1. The van der Waals surface area contributed by atoms with Gasteiger partial charge in [-0.3, -0.25) is 4.90 Å². The van der Waals surface area contributed by atoms with E-state index in [4.69, 9.17) is 0 Å². The van der Waals surface area contributed by atoms with E-state index in [1.54, 1.807) is 0 Å². The van der Waals surface area contributed by atoms with Crippen molar-refractivity contribution < 1.29 is 10.2 Å². The average molecular weight is 255 g/mol. The molecule has 2 rings (SSSR count). The summed E-state index contributed by atoms with van der Waals surface area (Å²) in [5, 5.41) is 21.0. The van der Waals surface area contributed by atoms with Crippen molar-refractivity contribution in [3.8, 4) is 0 Å². The maximum Gasteiger partial charge on any atom is 0.0768 e. The number of hydrogen-bond acceptors (Lipinski definition) is 3. The van der Waals surface area contributed by atoms with E-state index in [0.717, 1.165) is 38.9 Å². The maximum atomic E-state index is 10.6. The molecule has 1 heterocycles. The van der Waals surface area contributed by atoms with Crippen LogP contribution >= 0.6 is 0 Å². The first-order valence-electron chi connectivity index (χ1n) is 7.51. The van der Waals surface area contributed by atoms with Crippen LogP contribution in [0.1, 0.15) is 52.9 Å². The Kier molecular flexibility index (Phi) is 4.05. The van der Waals surface area contributed by atoms with Crippen LogP contribution in [0.2, 0.25) is 0 Å². The molecule has 2 fully saturated rings. The Morgan fingerprint density at radius 3 is 2.72 bits per heavy atom. The van der Waals surface area contributed by atoms with Gasteiger partial charge in [0.05, 0.1) is 11.2 Å². The van der Waals surface area contributed by atoms with Gasteiger partial charge in [-0.05, 0) is 32.1 Å². The lowest BCUT2D eigenvalue weighted by Crippen LogP contribution is -2.56. The van der Waals surface area contributed by atoms with Crippen molar-refractivity contribution in [2.45, 2.75) is 64.1 Å². The van der Waals surface area contributed by atoms with Gasteiger partial charge in [-0.2, -0.15) is 0 Å². The SMILES string of the molecule is CC(C)C(C)(O)CN1CCC2(O)CCCCC2C1. The van der Waals surface area contributed by atoms with Gasteiger partial charge in [-0.25, -0.2) is 0 Å². The van der Waals surface area contributed by atoms with Gasteiger partial charge in [0.1, 0.15) is 0 Å². The van der Waals surface area contributed by atoms with Crippen molar-refractivity contribution >= 4 is 0 Å². The van der Waals surface area contributed by atoms with Crippen LogP contribution in [0.25, 0.3) is 0 Å². The fourth-order valence-corrected chi connectivity index (χ4v) is 3.42. The van der Waals surface area contributed by atoms with Crippen molar-refractivity contribution in [2.24, 2.45) is 11.8 Å². The summed E-state index contributed by atoms with van der Waals surface area (Å²) in [7, 11) is 0. The lowest BCUT2D eigenvalue weighted by atomic mass is 9.71. The lowest BCUT2D eigenvalue weighted by Gasteiger charge is -2.49. The molecule has 1 aliphatic heterocycles. The Bertz CT molecular complexity index is 290. The summed E-state index contributed by atoms with van der Waals surface area (Å²) in [6, 6.07) is 0. The zero-order valence-corrected chi connectivity index (χ0v) is 12.2. The Hall–Kier alpha value is -0.120. The molecule has 2 aliphatic rings. The highest BCUT2D eigenvalue weighted by atomic mass is 16.3. The van der Waals surface area contributed by atoms with Crippen molar-refractivity contribution in [2.75, 3.05) is 19.6 Å². The predicted octanol–water partition coefficient (Wildman–Crippen LogP) is 2.02. The molecule has 0 amide bonds. The molecule has 0 radical (unpaired) electrons. The van der Waals surface area contributed by atoms with E-state index in [9.17, 15) is 10.2 Å². The molecule has 0 aromatic heterocycles. The molecule has 1 saturated heterocycles. The Morgan fingerprint density at radius 2 is 2.06 bits per heavy atom. The second kappa shape index (κ2) is 5.10. The zero-order valence-electron chi connectivity index (χ0n) is 12.2. The van der Waals surface area contributed by atoms with E-state index < -0.39 is 11.2 Å². The van der Waals surface area contributed by atoms with Crippen molar-refractivity contribution in [3.63, 3.8) is 0 Å². The van der Waals surface area contributed by atoms with Crippen molar-refractivity contribution in [3.05, 3.63) is 0 Å². The predicted molar refractivity (Wildman–Crippen MR) is 73.4 cm³/mol. The lowest BCUT2D eigenvalue weighted by molar-refractivity contribution is -0.111. The van der Waals surface area contributed by atoms with E-state index >= 15 is 0 Å². The monoisotopic (exact) mass is 255 g/mol. The largest absolute Gasteiger partial charge is 0.390 e. The van der Waals surface area contributed by atoms with Gasteiger partial charge in [0.25, 0.3) is 0 Å². The van der Waals surface area contributed by atoms with Crippen molar-refractivity contribution in [1.29, 1.82) is 0 Å². The molecule has 106 valence electrons. The minimum atomic E-state index is -0.621. The summed E-state index contributed by atoms with van der Waals surface area (Å²) in [4.78, 5) is 2.35. The number of fused-ring (bicyclic) bond motifs is 1. The quantitative estimate of drug-likeness (QED) is 0.811. The second-order valence-electron chi connectivity index (χ2n) is 7.04. The molecule has 18 heavy (non-hydrogen) atoms. The third-order valence-electron chi connectivity index (χ3n) is 5.30. The van der Waals surface area contributed by atoms with Crippen LogP contribution in [0.5, 0.6) is 0 Å². The Morgan fingerprint density at radius 1 is 1.33 bits per heavy atom. The summed E-state index contributed by atoms with van der Waals surface area (Å²) in [5.41, 5.74) is -1.03. The summed E-state index contributed by atoms with van der Waals surface area (Å²) in [5.74, 6) is 0.688. The first-order chi connectivity index (χ1) is 8.33. The fraction of sp³-hybridized carbons (Fsp3) is 1.00. The molecule has 0 aromatic carbocycles. The van der Waals surface area contributed by atoms with Crippen LogP contribution in [0.3, 0.4) is 0 Å². The summed E-state index contributed by atoms with van der Waals surface area (Å²) in [6.07, 6.45) is 5.44. The molecule has 0 bridgehead atoms. The highest BCUT2D eigenvalue weighted by Crippen LogP contribution is 2.40. The van der Waals surface area contributed by atoms with Gasteiger partial charge in [-0.15, -0.1) is 0 Å². The summed E-state index contributed by atoms with van der Waals surface area (Å²) < 4.78 is 0. The van der Waals surface area contributed by atoms with Gasteiger partial charge in [0.2, 0.25) is 0 Å².